The van der Waals surface area contributed by atoms with E-state index in [0.29, 0.717) is 39.4 Å². The summed E-state index contributed by atoms with van der Waals surface area (Å²) < 4.78 is 5.77. The van der Waals surface area contributed by atoms with Gasteiger partial charge >= 0.3 is 0 Å². The quantitative estimate of drug-likeness (QED) is 0.477. The highest BCUT2D eigenvalue weighted by Gasteiger charge is 2.37. The number of benzene rings is 2. The zero-order valence-corrected chi connectivity index (χ0v) is 20.1. The first-order chi connectivity index (χ1) is 15.9. The van der Waals surface area contributed by atoms with Crippen LogP contribution in [0.25, 0.3) is 6.08 Å². The molecule has 2 saturated heterocycles. The Balaban J connectivity index is 1.38. The van der Waals surface area contributed by atoms with Gasteiger partial charge in [0, 0.05) is 28.7 Å². The lowest BCUT2D eigenvalue weighted by Crippen LogP contribution is -2.44. The van der Waals surface area contributed by atoms with Crippen molar-refractivity contribution in [3.05, 3.63) is 68.5 Å². The van der Waals surface area contributed by atoms with Crippen molar-refractivity contribution in [3.63, 3.8) is 0 Å². The van der Waals surface area contributed by atoms with Gasteiger partial charge in [-0.05, 0) is 66.9 Å². The fourth-order valence-electron chi connectivity index (χ4n) is 3.65. The zero-order chi connectivity index (χ0) is 23.4. The minimum absolute atomic E-state index is 0.182. The van der Waals surface area contributed by atoms with Crippen molar-refractivity contribution >= 4 is 58.1 Å². The van der Waals surface area contributed by atoms with E-state index in [1.165, 1.54) is 0 Å². The molecule has 0 N–H and O–H groups in total. The molecule has 0 bridgehead atoms. The third-order valence-electron chi connectivity index (χ3n) is 5.50. The highest BCUT2D eigenvalue weighted by Crippen LogP contribution is 2.33. The molecule has 2 aliphatic heterocycles. The highest BCUT2D eigenvalue weighted by molar-refractivity contribution is 8.18. The van der Waals surface area contributed by atoms with Gasteiger partial charge in [0.1, 0.15) is 18.9 Å². The minimum atomic E-state index is -0.441. The highest BCUT2D eigenvalue weighted by atomic mass is 35.5. The van der Waals surface area contributed by atoms with Crippen LogP contribution in [0.3, 0.4) is 0 Å². The van der Waals surface area contributed by atoms with Crippen molar-refractivity contribution in [2.24, 2.45) is 0 Å². The average Bonchev–Trinajstić information content (AvgIpc) is 3.07. The number of ether oxygens (including phenoxy) is 1. The second-order valence-corrected chi connectivity index (χ2v) is 9.57. The van der Waals surface area contributed by atoms with Crippen LogP contribution in [0.1, 0.15) is 30.4 Å². The summed E-state index contributed by atoms with van der Waals surface area (Å²) in [6.45, 7) is 1.38. The van der Waals surface area contributed by atoms with Crippen LogP contribution in [0.4, 0.5) is 4.79 Å². The molecule has 0 aliphatic carbocycles. The Morgan fingerprint density at radius 2 is 1.67 bits per heavy atom. The third kappa shape index (κ3) is 5.72. The molecule has 0 radical (unpaired) electrons. The van der Waals surface area contributed by atoms with Crippen LogP contribution in [0, 0.1) is 0 Å². The van der Waals surface area contributed by atoms with Crippen LogP contribution in [0.2, 0.25) is 10.0 Å². The lowest BCUT2D eigenvalue weighted by Gasteiger charge is -2.27. The van der Waals surface area contributed by atoms with E-state index in [2.05, 4.69) is 0 Å². The van der Waals surface area contributed by atoms with Crippen LogP contribution in [-0.2, 0) is 16.2 Å². The predicted molar refractivity (Wildman–Crippen MR) is 130 cm³/mol. The van der Waals surface area contributed by atoms with Gasteiger partial charge in [-0.3, -0.25) is 19.3 Å². The Hall–Kier alpha value is -2.48. The lowest BCUT2D eigenvalue weighted by atomic mass is 10.1. The topological polar surface area (TPSA) is 66.9 Å². The van der Waals surface area contributed by atoms with Crippen LogP contribution < -0.4 is 4.74 Å². The molecule has 9 heteroatoms. The number of carbonyl (C=O) groups excluding carboxylic acids is 3. The molecular formula is C24H22Cl2N2O4S. The Morgan fingerprint density at radius 3 is 2.33 bits per heavy atom. The minimum Gasteiger partial charge on any atom is -0.489 e. The molecule has 2 fully saturated rings. The van der Waals surface area contributed by atoms with Gasteiger partial charge in [0.15, 0.2) is 0 Å². The number of hydrogen-bond acceptors (Lipinski definition) is 5. The van der Waals surface area contributed by atoms with Gasteiger partial charge in [-0.25, -0.2) is 0 Å². The molecule has 2 aliphatic rings. The number of amides is 3. The van der Waals surface area contributed by atoms with Crippen molar-refractivity contribution < 1.29 is 19.1 Å². The smallest absolute Gasteiger partial charge is 0.294 e. The van der Waals surface area contributed by atoms with E-state index < -0.39 is 11.1 Å². The first kappa shape index (κ1) is 23.7. The number of hydrogen-bond donors (Lipinski definition) is 0. The van der Waals surface area contributed by atoms with E-state index in [4.69, 9.17) is 27.9 Å². The van der Waals surface area contributed by atoms with Gasteiger partial charge in [0.25, 0.3) is 11.1 Å². The molecule has 0 saturated carbocycles. The summed E-state index contributed by atoms with van der Waals surface area (Å²) in [5, 5.41) is 0.649. The van der Waals surface area contributed by atoms with Gasteiger partial charge in [0.05, 0.1) is 4.91 Å². The van der Waals surface area contributed by atoms with Crippen molar-refractivity contribution in [3.8, 4) is 5.75 Å². The summed E-state index contributed by atoms with van der Waals surface area (Å²) in [5.74, 6) is -0.00853. The maximum Gasteiger partial charge on any atom is 0.294 e. The fourth-order valence-corrected chi connectivity index (χ4v) is 5.00. The summed E-state index contributed by atoms with van der Waals surface area (Å²) in [7, 11) is 0. The van der Waals surface area contributed by atoms with Crippen molar-refractivity contribution in [1.29, 1.82) is 0 Å². The standard InChI is InChI=1S/C24H22Cl2N2O4S/c25-19-5-4-6-20(26)18(19)15-32-17-9-7-16(8-10-17)13-21-23(30)28(24(31)33-21)14-22(29)27-11-2-1-3-12-27/h4-10,13H,1-3,11-12,14-15H2/b21-13-. The van der Waals surface area contributed by atoms with Crippen molar-refractivity contribution in [2.75, 3.05) is 19.6 Å². The summed E-state index contributed by atoms with van der Waals surface area (Å²) in [5.41, 5.74) is 1.45. The number of piperidine rings is 1. The van der Waals surface area contributed by atoms with E-state index in [1.54, 1.807) is 53.4 Å². The van der Waals surface area contributed by atoms with Gasteiger partial charge in [-0.15, -0.1) is 0 Å². The Labute approximate surface area is 206 Å². The molecule has 3 amide bonds. The zero-order valence-electron chi connectivity index (χ0n) is 17.8. The molecule has 4 rings (SSSR count). The van der Waals surface area contributed by atoms with Crippen LogP contribution >= 0.6 is 35.0 Å². The van der Waals surface area contributed by atoms with Crippen LogP contribution in [0.5, 0.6) is 5.75 Å². The van der Waals surface area contributed by atoms with Crippen molar-refractivity contribution in [2.45, 2.75) is 25.9 Å². The van der Waals surface area contributed by atoms with E-state index in [1.807, 2.05) is 0 Å². The van der Waals surface area contributed by atoms with E-state index >= 15 is 0 Å². The maximum atomic E-state index is 12.7. The third-order valence-corrected chi connectivity index (χ3v) is 7.11. The van der Waals surface area contributed by atoms with Crippen molar-refractivity contribution in [1.82, 2.24) is 9.80 Å². The molecule has 0 spiro atoms. The molecule has 0 aromatic heterocycles. The maximum absolute atomic E-state index is 12.7. The first-order valence-corrected chi connectivity index (χ1v) is 12.2. The molecule has 172 valence electrons. The number of nitrogens with zero attached hydrogens (tertiary/aromatic N) is 2. The van der Waals surface area contributed by atoms with E-state index in [0.717, 1.165) is 41.5 Å². The summed E-state index contributed by atoms with van der Waals surface area (Å²) in [4.78, 5) is 40.6. The average molecular weight is 505 g/mol. The lowest BCUT2D eigenvalue weighted by molar-refractivity contribution is -0.136. The normalized spacial score (nSPS) is 17.7. The van der Waals surface area contributed by atoms with Gasteiger partial charge < -0.3 is 9.64 Å². The Morgan fingerprint density at radius 1 is 1.00 bits per heavy atom. The Bertz CT molecular complexity index is 1080. The van der Waals surface area contributed by atoms with E-state index in [9.17, 15) is 14.4 Å². The molecule has 6 nitrogen and oxygen atoms in total. The van der Waals surface area contributed by atoms with Crippen LogP contribution in [-0.4, -0.2) is 46.5 Å². The second-order valence-electron chi connectivity index (χ2n) is 7.77. The first-order valence-electron chi connectivity index (χ1n) is 10.6. The number of rotatable bonds is 6. The molecular weight excluding hydrogens is 483 g/mol. The monoisotopic (exact) mass is 504 g/mol. The fraction of sp³-hybridized carbons (Fsp3) is 0.292. The molecule has 2 heterocycles. The number of imide groups is 1. The second kappa shape index (κ2) is 10.6. The number of likely N-dealkylation sites (tertiary alicyclic amines) is 1. The number of carbonyl (C=O) groups is 3. The SMILES string of the molecule is O=C(CN1C(=O)S/C(=C\c2ccc(OCc3c(Cl)cccc3Cl)cc2)C1=O)N1CCCCC1. The largest absolute Gasteiger partial charge is 0.489 e. The molecule has 0 unspecified atom stereocenters. The summed E-state index contributed by atoms with van der Waals surface area (Å²) >= 11 is 13.2. The molecule has 33 heavy (non-hydrogen) atoms. The molecule has 0 atom stereocenters. The van der Waals surface area contributed by atoms with E-state index in [-0.39, 0.29) is 19.1 Å². The van der Waals surface area contributed by atoms with Gasteiger partial charge in [-0.2, -0.15) is 0 Å². The summed E-state index contributed by atoms with van der Waals surface area (Å²) in [6.07, 6.45) is 4.66. The summed E-state index contributed by atoms with van der Waals surface area (Å²) in [6, 6.07) is 12.4. The Kier molecular flexibility index (Phi) is 7.63. The van der Waals surface area contributed by atoms with Crippen LogP contribution in [0.15, 0.2) is 47.4 Å². The molecule has 2 aromatic rings. The van der Waals surface area contributed by atoms with Gasteiger partial charge in [-0.1, -0.05) is 41.4 Å². The number of thioether (sulfide) groups is 1. The predicted octanol–water partition coefficient (Wildman–Crippen LogP) is 5.62. The molecule has 2 aromatic carbocycles. The van der Waals surface area contributed by atoms with Gasteiger partial charge in [0.2, 0.25) is 5.91 Å². The number of halogens is 2.